The molecule has 0 atom stereocenters. The Labute approximate surface area is 162 Å². The second-order valence-electron chi connectivity index (χ2n) is 6.42. The first kappa shape index (κ1) is 19.3. The minimum Gasteiger partial charge on any atom is -0.339 e. The van der Waals surface area contributed by atoms with Crippen LogP contribution in [-0.4, -0.2) is 37.4 Å². The number of carbonyl (C=O) groups is 2. The van der Waals surface area contributed by atoms with Crippen molar-refractivity contribution in [1.29, 1.82) is 0 Å². The van der Waals surface area contributed by atoms with Crippen LogP contribution in [0.2, 0.25) is 0 Å². The largest absolute Gasteiger partial charge is 0.350 e. The second kappa shape index (κ2) is 8.51. The average molecular weight is 381 g/mol. The predicted molar refractivity (Wildman–Crippen MR) is 106 cm³/mol. The predicted octanol–water partition coefficient (Wildman–Crippen LogP) is 1.89. The van der Waals surface area contributed by atoms with Crippen molar-refractivity contribution in [3.63, 3.8) is 0 Å². The van der Waals surface area contributed by atoms with Gasteiger partial charge in [0.1, 0.15) is 0 Å². The van der Waals surface area contributed by atoms with E-state index in [0.29, 0.717) is 24.4 Å². The van der Waals surface area contributed by atoms with Crippen LogP contribution in [0.3, 0.4) is 0 Å². The Balaban J connectivity index is 1.67. The highest BCUT2D eigenvalue weighted by Gasteiger charge is 2.13. The molecule has 2 aromatic heterocycles. The number of aryl methyl sites for hydroxylation is 1. The number of rotatable bonds is 7. The lowest BCUT2D eigenvalue weighted by Crippen LogP contribution is -2.28. The van der Waals surface area contributed by atoms with Crippen molar-refractivity contribution in [2.75, 3.05) is 11.9 Å². The third-order valence-electron chi connectivity index (χ3n) is 4.52. The third kappa shape index (κ3) is 4.28. The molecule has 1 aromatic carbocycles. The van der Waals surface area contributed by atoms with E-state index in [9.17, 15) is 14.4 Å². The molecule has 3 aromatic rings. The average Bonchev–Trinajstić information content (AvgIpc) is 3.01. The van der Waals surface area contributed by atoms with Gasteiger partial charge in [0.15, 0.2) is 5.65 Å². The molecule has 2 heterocycles. The smallest absolute Gasteiger partial charge is 0.339 e. The van der Waals surface area contributed by atoms with Crippen LogP contribution in [0.25, 0.3) is 5.65 Å². The van der Waals surface area contributed by atoms with Gasteiger partial charge in [-0.25, -0.2) is 9.48 Å². The van der Waals surface area contributed by atoms with Gasteiger partial charge < -0.3 is 10.2 Å². The van der Waals surface area contributed by atoms with E-state index in [1.54, 1.807) is 35.4 Å². The van der Waals surface area contributed by atoms with Crippen LogP contribution < -0.4 is 11.0 Å². The van der Waals surface area contributed by atoms with Gasteiger partial charge in [-0.05, 0) is 30.7 Å². The Morgan fingerprint density at radius 2 is 1.89 bits per heavy atom. The minimum absolute atomic E-state index is 0.0187. The molecular formula is C20H23N5O3. The summed E-state index contributed by atoms with van der Waals surface area (Å²) in [7, 11) is 0. The fourth-order valence-electron chi connectivity index (χ4n) is 2.97. The lowest BCUT2D eigenvalue weighted by molar-refractivity contribution is -0.129. The number of benzene rings is 1. The summed E-state index contributed by atoms with van der Waals surface area (Å²) >= 11 is 0. The van der Waals surface area contributed by atoms with E-state index in [2.05, 4.69) is 10.4 Å². The van der Waals surface area contributed by atoms with E-state index in [1.807, 2.05) is 25.1 Å². The van der Waals surface area contributed by atoms with E-state index < -0.39 is 0 Å². The molecule has 0 unspecified atom stereocenters. The van der Waals surface area contributed by atoms with Crippen molar-refractivity contribution in [2.24, 2.45) is 0 Å². The summed E-state index contributed by atoms with van der Waals surface area (Å²) < 4.78 is 2.73. The Kier molecular flexibility index (Phi) is 5.88. The summed E-state index contributed by atoms with van der Waals surface area (Å²) in [5.41, 5.74) is 1.79. The molecule has 0 aliphatic heterocycles. The molecular weight excluding hydrogens is 358 g/mol. The van der Waals surface area contributed by atoms with E-state index in [4.69, 9.17) is 0 Å². The maximum absolute atomic E-state index is 12.4. The fourth-order valence-corrected chi connectivity index (χ4v) is 2.97. The number of amides is 2. The number of anilines is 1. The molecule has 3 rings (SSSR count). The molecule has 0 spiro atoms. The number of nitrogens with zero attached hydrogens (tertiary/aromatic N) is 4. The van der Waals surface area contributed by atoms with Crippen LogP contribution in [-0.2, 0) is 22.7 Å². The molecule has 146 valence electrons. The molecule has 2 amide bonds. The van der Waals surface area contributed by atoms with Gasteiger partial charge in [-0.3, -0.25) is 14.0 Å². The lowest BCUT2D eigenvalue weighted by atomic mass is 10.1. The fraction of sp³-hybridized carbons (Fsp3) is 0.300. The van der Waals surface area contributed by atoms with Crippen LogP contribution in [0.15, 0.2) is 53.5 Å². The van der Waals surface area contributed by atoms with Crippen molar-refractivity contribution in [2.45, 2.75) is 33.4 Å². The molecule has 0 saturated heterocycles. The highest BCUT2D eigenvalue weighted by Crippen LogP contribution is 2.17. The summed E-state index contributed by atoms with van der Waals surface area (Å²) in [4.78, 5) is 38.0. The number of pyridine rings is 1. The quantitative estimate of drug-likeness (QED) is 0.677. The van der Waals surface area contributed by atoms with Gasteiger partial charge in [0.25, 0.3) is 0 Å². The van der Waals surface area contributed by atoms with E-state index in [-0.39, 0.29) is 30.5 Å². The van der Waals surface area contributed by atoms with Crippen molar-refractivity contribution in [1.82, 2.24) is 19.1 Å². The highest BCUT2D eigenvalue weighted by molar-refractivity contribution is 5.91. The monoisotopic (exact) mass is 381 g/mol. The van der Waals surface area contributed by atoms with Crippen LogP contribution in [0, 0.1) is 0 Å². The van der Waals surface area contributed by atoms with Gasteiger partial charge in [-0.1, -0.05) is 24.3 Å². The van der Waals surface area contributed by atoms with Crippen LogP contribution in [0.1, 0.15) is 25.8 Å². The number of nitrogens with one attached hydrogen (secondary N) is 1. The van der Waals surface area contributed by atoms with Gasteiger partial charge in [0, 0.05) is 38.3 Å². The summed E-state index contributed by atoms with van der Waals surface area (Å²) in [6.45, 7) is 4.64. The number of fused-ring (bicyclic) bond motifs is 1. The van der Waals surface area contributed by atoms with Gasteiger partial charge in [-0.15, -0.1) is 5.10 Å². The summed E-state index contributed by atoms with van der Waals surface area (Å²) in [5, 5.41) is 7.10. The molecule has 8 nitrogen and oxygen atoms in total. The molecule has 8 heteroatoms. The Hall–Kier alpha value is -3.42. The minimum atomic E-state index is -0.274. The number of para-hydroxylation sites is 1. The molecule has 1 N–H and O–H groups in total. The van der Waals surface area contributed by atoms with Gasteiger partial charge >= 0.3 is 5.69 Å². The van der Waals surface area contributed by atoms with Crippen molar-refractivity contribution in [3.8, 4) is 0 Å². The van der Waals surface area contributed by atoms with Crippen LogP contribution in [0.4, 0.5) is 5.69 Å². The molecule has 0 saturated carbocycles. The Bertz CT molecular complexity index is 1050. The third-order valence-corrected chi connectivity index (χ3v) is 4.52. The van der Waals surface area contributed by atoms with Crippen LogP contribution >= 0.6 is 0 Å². The Morgan fingerprint density at radius 1 is 1.14 bits per heavy atom. The van der Waals surface area contributed by atoms with Crippen molar-refractivity contribution >= 4 is 23.1 Å². The molecule has 0 aliphatic carbocycles. The van der Waals surface area contributed by atoms with E-state index in [0.717, 1.165) is 5.56 Å². The number of hydrogen-bond donors (Lipinski definition) is 1. The summed E-state index contributed by atoms with van der Waals surface area (Å²) in [5.74, 6) is -0.239. The SMILES string of the molecule is CCN(Cc1ccccc1NC(=O)CCn1nc2ccccn2c1=O)C(C)=O. The van der Waals surface area contributed by atoms with Crippen LogP contribution in [0.5, 0.6) is 0 Å². The number of aromatic nitrogens is 3. The van der Waals surface area contributed by atoms with Crippen molar-refractivity contribution in [3.05, 3.63) is 64.7 Å². The molecule has 0 bridgehead atoms. The first-order valence-corrected chi connectivity index (χ1v) is 9.17. The molecule has 28 heavy (non-hydrogen) atoms. The first-order valence-electron chi connectivity index (χ1n) is 9.17. The summed E-state index contributed by atoms with van der Waals surface area (Å²) in [6.07, 6.45) is 1.76. The van der Waals surface area contributed by atoms with Gasteiger partial charge in [0.05, 0.1) is 6.54 Å². The molecule has 0 radical (unpaired) electrons. The zero-order valence-corrected chi connectivity index (χ0v) is 16.0. The summed E-state index contributed by atoms with van der Waals surface area (Å²) in [6, 6.07) is 12.7. The van der Waals surface area contributed by atoms with Gasteiger partial charge in [-0.2, -0.15) is 0 Å². The van der Waals surface area contributed by atoms with Crippen molar-refractivity contribution < 1.29 is 9.59 Å². The normalized spacial score (nSPS) is 10.8. The zero-order chi connectivity index (χ0) is 20.1. The highest BCUT2D eigenvalue weighted by atomic mass is 16.2. The maximum atomic E-state index is 12.4. The maximum Gasteiger partial charge on any atom is 0.350 e. The molecule has 0 aliphatic rings. The van der Waals surface area contributed by atoms with E-state index >= 15 is 0 Å². The van der Waals surface area contributed by atoms with Gasteiger partial charge in [0.2, 0.25) is 11.8 Å². The first-order chi connectivity index (χ1) is 13.5. The number of carbonyl (C=O) groups excluding carboxylic acids is 2. The van der Waals surface area contributed by atoms with E-state index in [1.165, 1.54) is 16.0 Å². The standard InChI is InChI=1S/C20H23N5O3/c1-3-23(15(2)26)14-16-8-4-5-9-17(16)21-19(27)11-13-25-20(28)24-12-7-6-10-18(24)22-25/h4-10,12H,3,11,13-14H2,1-2H3,(H,21,27). The zero-order valence-electron chi connectivity index (χ0n) is 16.0. The Morgan fingerprint density at radius 3 is 2.61 bits per heavy atom. The lowest BCUT2D eigenvalue weighted by Gasteiger charge is -2.21. The topological polar surface area (TPSA) is 88.7 Å². The molecule has 0 fully saturated rings. The number of hydrogen-bond acceptors (Lipinski definition) is 4. The second-order valence-corrected chi connectivity index (χ2v) is 6.42.